The quantitative estimate of drug-likeness (QED) is 0.943. The van der Waals surface area contributed by atoms with Crippen molar-refractivity contribution in [2.75, 3.05) is 26.2 Å². The van der Waals surface area contributed by atoms with Gasteiger partial charge in [0.1, 0.15) is 0 Å². The van der Waals surface area contributed by atoms with Crippen LogP contribution >= 0.6 is 0 Å². The highest BCUT2D eigenvalue weighted by Gasteiger charge is 2.25. The van der Waals surface area contributed by atoms with E-state index in [2.05, 4.69) is 35.5 Å². The number of hydrogen-bond donors (Lipinski definition) is 1. The first-order valence-corrected chi connectivity index (χ1v) is 8.28. The summed E-state index contributed by atoms with van der Waals surface area (Å²) in [4.78, 5) is 14.5. The second-order valence-corrected chi connectivity index (χ2v) is 6.08. The minimum absolute atomic E-state index is 0.0815. The van der Waals surface area contributed by atoms with Gasteiger partial charge in [0.25, 0.3) is 0 Å². The molecule has 0 spiro atoms. The molecule has 0 unspecified atom stereocenters. The number of carbonyl (C=O) groups is 1. The van der Waals surface area contributed by atoms with Crippen molar-refractivity contribution >= 4 is 16.8 Å². The Labute approximate surface area is 132 Å². The normalized spacial score (nSPS) is 17.7. The SMILES string of the molecule is CCC[C@@H](c1cn(C(C)=O)c2ccccc12)N1CCNCC1. The Bertz CT molecular complexity index is 655. The fourth-order valence-corrected chi connectivity index (χ4v) is 3.53. The van der Waals surface area contributed by atoms with Gasteiger partial charge >= 0.3 is 0 Å². The summed E-state index contributed by atoms with van der Waals surface area (Å²) in [7, 11) is 0. The van der Waals surface area contributed by atoms with Crippen molar-refractivity contribution in [2.24, 2.45) is 0 Å². The first kappa shape index (κ1) is 15.3. The highest BCUT2D eigenvalue weighted by atomic mass is 16.1. The molecule has 0 aliphatic carbocycles. The third-order valence-electron chi connectivity index (χ3n) is 4.60. The van der Waals surface area contributed by atoms with Crippen LogP contribution in [0.4, 0.5) is 0 Å². The predicted molar refractivity (Wildman–Crippen MR) is 90.3 cm³/mol. The lowest BCUT2D eigenvalue weighted by atomic mass is 9.99. The third kappa shape index (κ3) is 2.81. The van der Waals surface area contributed by atoms with Crippen LogP contribution in [0, 0.1) is 0 Å². The molecule has 4 heteroatoms. The molecule has 0 amide bonds. The number of carbonyl (C=O) groups excluding carboxylic acids is 1. The summed E-state index contributed by atoms with van der Waals surface area (Å²) < 4.78 is 1.80. The van der Waals surface area contributed by atoms with Gasteiger partial charge in [0.2, 0.25) is 5.91 Å². The first-order valence-electron chi connectivity index (χ1n) is 8.28. The molecule has 1 aliphatic rings. The standard InChI is InChI=1S/C18H25N3O/c1-3-6-17(20-11-9-19-10-12-20)16-13-21(14(2)22)18-8-5-4-7-15(16)18/h4-5,7-8,13,17,19H,3,6,9-12H2,1-2H3/t17-/m0/s1. The number of benzene rings is 1. The Morgan fingerprint density at radius 2 is 2.00 bits per heavy atom. The highest BCUT2D eigenvalue weighted by molar-refractivity contribution is 5.93. The maximum Gasteiger partial charge on any atom is 0.227 e. The van der Waals surface area contributed by atoms with Gasteiger partial charge in [-0.05, 0) is 18.1 Å². The van der Waals surface area contributed by atoms with E-state index in [1.54, 1.807) is 11.5 Å². The molecule has 1 aromatic heterocycles. The maximum absolute atomic E-state index is 12.0. The van der Waals surface area contributed by atoms with Crippen LogP contribution in [-0.4, -0.2) is 41.6 Å². The van der Waals surface area contributed by atoms with Crippen LogP contribution in [0.1, 0.15) is 43.1 Å². The maximum atomic E-state index is 12.0. The van der Waals surface area contributed by atoms with Gasteiger partial charge in [-0.15, -0.1) is 0 Å². The zero-order valence-electron chi connectivity index (χ0n) is 13.5. The predicted octanol–water partition coefficient (Wildman–Crippen LogP) is 3.05. The summed E-state index contributed by atoms with van der Waals surface area (Å²) >= 11 is 0. The average Bonchev–Trinajstić information content (AvgIpc) is 2.93. The molecule has 2 heterocycles. The molecule has 1 aliphatic heterocycles. The minimum atomic E-state index is 0.0815. The number of nitrogens with one attached hydrogen (secondary N) is 1. The van der Waals surface area contributed by atoms with Crippen molar-refractivity contribution in [2.45, 2.75) is 32.7 Å². The number of aromatic nitrogens is 1. The van der Waals surface area contributed by atoms with Crippen molar-refractivity contribution in [3.8, 4) is 0 Å². The van der Waals surface area contributed by atoms with Crippen LogP contribution in [0.15, 0.2) is 30.5 Å². The first-order chi connectivity index (χ1) is 10.7. The Balaban J connectivity index is 2.06. The number of hydrogen-bond acceptors (Lipinski definition) is 3. The summed E-state index contributed by atoms with van der Waals surface area (Å²) in [5.74, 6) is 0.0815. The van der Waals surface area contributed by atoms with Gasteiger partial charge in [0, 0.05) is 50.7 Å². The van der Waals surface area contributed by atoms with Gasteiger partial charge in [-0.2, -0.15) is 0 Å². The number of piperazine rings is 1. The number of para-hydroxylation sites is 1. The summed E-state index contributed by atoms with van der Waals surface area (Å²) in [5, 5.41) is 4.64. The fourth-order valence-electron chi connectivity index (χ4n) is 3.53. The topological polar surface area (TPSA) is 37.3 Å². The van der Waals surface area contributed by atoms with E-state index in [-0.39, 0.29) is 5.91 Å². The molecule has 1 fully saturated rings. The van der Waals surface area contributed by atoms with E-state index in [4.69, 9.17) is 0 Å². The van der Waals surface area contributed by atoms with Gasteiger partial charge in [-0.25, -0.2) is 0 Å². The fraction of sp³-hybridized carbons (Fsp3) is 0.500. The average molecular weight is 299 g/mol. The van der Waals surface area contributed by atoms with Crippen LogP contribution in [0.25, 0.3) is 10.9 Å². The lowest BCUT2D eigenvalue weighted by Crippen LogP contribution is -2.45. The molecule has 3 rings (SSSR count). The third-order valence-corrected chi connectivity index (χ3v) is 4.60. The van der Waals surface area contributed by atoms with Crippen molar-refractivity contribution in [1.82, 2.24) is 14.8 Å². The van der Waals surface area contributed by atoms with E-state index < -0.39 is 0 Å². The zero-order valence-corrected chi connectivity index (χ0v) is 13.5. The molecule has 1 saturated heterocycles. The van der Waals surface area contributed by atoms with E-state index in [1.807, 2.05) is 12.1 Å². The summed E-state index contributed by atoms with van der Waals surface area (Å²) in [5.41, 5.74) is 2.33. The Morgan fingerprint density at radius 3 is 2.68 bits per heavy atom. The molecular formula is C18H25N3O. The lowest BCUT2D eigenvalue weighted by Gasteiger charge is -2.35. The van der Waals surface area contributed by atoms with E-state index in [9.17, 15) is 4.79 Å². The van der Waals surface area contributed by atoms with Gasteiger partial charge in [-0.3, -0.25) is 14.3 Å². The molecule has 118 valence electrons. The van der Waals surface area contributed by atoms with Crippen LogP contribution in [-0.2, 0) is 0 Å². The lowest BCUT2D eigenvalue weighted by molar-refractivity contribution is 0.0941. The molecule has 0 saturated carbocycles. The van der Waals surface area contributed by atoms with Gasteiger partial charge in [0.15, 0.2) is 0 Å². The van der Waals surface area contributed by atoms with E-state index in [0.29, 0.717) is 6.04 Å². The van der Waals surface area contributed by atoms with Crippen molar-refractivity contribution < 1.29 is 4.79 Å². The summed E-state index contributed by atoms with van der Waals surface area (Å²) in [6, 6.07) is 8.66. The van der Waals surface area contributed by atoms with Crippen LogP contribution < -0.4 is 5.32 Å². The Morgan fingerprint density at radius 1 is 1.27 bits per heavy atom. The van der Waals surface area contributed by atoms with Gasteiger partial charge < -0.3 is 5.32 Å². The highest BCUT2D eigenvalue weighted by Crippen LogP contribution is 2.33. The molecule has 22 heavy (non-hydrogen) atoms. The summed E-state index contributed by atoms with van der Waals surface area (Å²) in [6.07, 6.45) is 4.34. The number of nitrogens with zero attached hydrogens (tertiary/aromatic N) is 2. The van der Waals surface area contributed by atoms with Crippen LogP contribution in [0.5, 0.6) is 0 Å². The molecule has 2 aromatic rings. The zero-order chi connectivity index (χ0) is 15.5. The number of rotatable bonds is 4. The van der Waals surface area contributed by atoms with Crippen molar-refractivity contribution in [3.05, 3.63) is 36.0 Å². The molecule has 4 nitrogen and oxygen atoms in total. The molecule has 1 N–H and O–H groups in total. The molecule has 1 atom stereocenters. The van der Waals surface area contributed by atoms with E-state index in [1.165, 1.54) is 10.9 Å². The van der Waals surface area contributed by atoms with Crippen LogP contribution in [0.2, 0.25) is 0 Å². The second-order valence-electron chi connectivity index (χ2n) is 6.08. The van der Waals surface area contributed by atoms with E-state index >= 15 is 0 Å². The Hall–Kier alpha value is -1.65. The molecule has 1 aromatic carbocycles. The smallest absolute Gasteiger partial charge is 0.227 e. The number of fused-ring (bicyclic) bond motifs is 1. The van der Waals surface area contributed by atoms with Crippen molar-refractivity contribution in [3.63, 3.8) is 0 Å². The van der Waals surface area contributed by atoms with Gasteiger partial charge in [0.05, 0.1) is 5.52 Å². The molecule has 0 bridgehead atoms. The second kappa shape index (κ2) is 6.63. The van der Waals surface area contributed by atoms with Crippen LogP contribution in [0.3, 0.4) is 0 Å². The van der Waals surface area contributed by atoms with Crippen molar-refractivity contribution in [1.29, 1.82) is 0 Å². The summed E-state index contributed by atoms with van der Waals surface area (Å²) in [6.45, 7) is 8.11. The largest absolute Gasteiger partial charge is 0.314 e. The van der Waals surface area contributed by atoms with Gasteiger partial charge in [-0.1, -0.05) is 31.5 Å². The van der Waals surface area contributed by atoms with E-state index in [0.717, 1.165) is 44.5 Å². The molecule has 0 radical (unpaired) electrons. The molecular weight excluding hydrogens is 274 g/mol. The minimum Gasteiger partial charge on any atom is -0.314 e. The Kier molecular flexibility index (Phi) is 4.60. The monoisotopic (exact) mass is 299 g/mol.